The molecule has 6 rings (SSSR count). The van der Waals surface area contributed by atoms with E-state index in [1.165, 1.54) is 77.2 Å². The van der Waals surface area contributed by atoms with Gasteiger partial charge in [0.15, 0.2) is 0 Å². The third kappa shape index (κ3) is 3.84. The highest BCUT2D eigenvalue weighted by molar-refractivity contribution is 6.03. The summed E-state index contributed by atoms with van der Waals surface area (Å²) in [4.78, 5) is 2.51. The molecule has 3 nitrogen and oxygen atoms in total. The van der Waals surface area contributed by atoms with Gasteiger partial charge in [-0.2, -0.15) is 0 Å². The largest absolute Gasteiger partial charge is 0.456 e. The monoisotopic (exact) mass is 437 g/mol. The van der Waals surface area contributed by atoms with E-state index < -0.39 is 0 Å². The molecule has 0 amide bonds. The molecule has 2 saturated heterocycles. The molecule has 0 N–H and O–H groups in total. The highest BCUT2D eigenvalue weighted by Gasteiger charge is 2.21. The van der Waals surface area contributed by atoms with Crippen LogP contribution < -0.4 is 14.8 Å². The average molecular weight is 438 g/mol. The fraction of sp³-hybridized carbons (Fsp3) is 0.367. The van der Waals surface area contributed by atoms with Crippen LogP contribution in [0.25, 0.3) is 33.4 Å². The van der Waals surface area contributed by atoms with Gasteiger partial charge in [-0.05, 0) is 61.9 Å². The van der Waals surface area contributed by atoms with Crippen molar-refractivity contribution >= 4 is 16.7 Å². The first-order valence-corrected chi connectivity index (χ1v) is 12.7. The van der Waals surface area contributed by atoms with E-state index in [2.05, 4.69) is 77.1 Å². The highest BCUT2D eigenvalue weighted by atomic mass is 16.3. The third-order valence-corrected chi connectivity index (χ3v) is 7.55. The Morgan fingerprint density at radius 3 is 2.36 bits per heavy atom. The van der Waals surface area contributed by atoms with Crippen molar-refractivity contribution < 1.29 is 4.42 Å². The first kappa shape index (κ1) is 20.5. The van der Waals surface area contributed by atoms with Crippen molar-refractivity contribution in [3.8, 4) is 22.5 Å². The van der Waals surface area contributed by atoms with Crippen molar-refractivity contribution in [3.05, 3.63) is 71.6 Å². The molecule has 3 heterocycles. The van der Waals surface area contributed by atoms with Gasteiger partial charge >= 0.3 is 0 Å². The van der Waals surface area contributed by atoms with Crippen LogP contribution >= 0.6 is 0 Å². The summed E-state index contributed by atoms with van der Waals surface area (Å²) < 4.78 is 9.17. The first-order valence-electron chi connectivity index (χ1n) is 12.7. The van der Waals surface area contributed by atoms with E-state index in [0.29, 0.717) is 0 Å². The third-order valence-electron chi connectivity index (χ3n) is 7.55. The minimum absolute atomic E-state index is 0.986. The van der Waals surface area contributed by atoms with Crippen molar-refractivity contribution in [2.24, 2.45) is 0 Å². The Balaban J connectivity index is 1.61. The molecule has 0 saturated carbocycles. The molecule has 0 bridgehead atoms. The number of hydrogen-bond acceptors (Lipinski definition) is 2. The van der Waals surface area contributed by atoms with Gasteiger partial charge in [-0.3, -0.25) is 0 Å². The molecular formula is C30H33N2O+. The summed E-state index contributed by atoms with van der Waals surface area (Å²) in [6, 6.07) is 22.4. The number of piperidine rings is 2. The van der Waals surface area contributed by atoms with Crippen molar-refractivity contribution in [2.75, 3.05) is 31.1 Å². The van der Waals surface area contributed by atoms with Gasteiger partial charge in [0.2, 0.25) is 5.36 Å². The van der Waals surface area contributed by atoms with Gasteiger partial charge in [-0.25, -0.2) is 4.58 Å². The lowest BCUT2D eigenvalue weighted by molar-refractivity contribution is 0.451. The SMILES string of the molecule is Cc1ccccc1-c1c2ccc(=[N+]3CCCCC3)cc-2oc2cc(N3CCCCC3)ccc12. The van der Waals surface area contributed by atoms with E-state index in [-0.39, 0.29) is 0 Å². The highest BCUT2D eigenvalue weighted by Crippen LogP contribution is 2.42. The molecule has 1 aliphatic carbocycles. The molecule has 0 aromatic heterocycles. The maximum absolute atomic E-state index is 6.66. The predicted octanol–water partition coefficient (Wildman–Crippen LogP) is 6.46. The first-order chi connectivity index (χ1) is 16.3. The molecule has 2 aromatic carbocycles. The lowest BCUT2D eigenvalue weighted by atomic mass is 9.91. The topological polar surface area (TPSA) is 19.4 Å². The summed E-state index contributed by atoms with van der Waals surface area (Å²) in [6.07, 6.45) is 7.80. The van der Waals surface area contributed by atoms with Gasteiger partial charge in [0, 0.05) is 60.3 Å². The Kier molecular flexibility index (Phi) is 5.41. The van der Waals surface area contributed by atoms with E-state index >= 15 is 0 Å². The molecule has 2 aromatic rings. The van der Waals surface area contributed by atoms with Gasteiger partial charge < -0.3 is 9.32 Å². The van der Waals surface area contributed by atoms with E-state index in [1.54, 1.807) is 0 Å². The minimum Gasteiger partial charge on any atom is -0.456 e. The van der Waals surface area contributed by atoms with Gasteiger partial charge in [0.05, 0.1) is 6.07 Å². The molecular weight excluding hydrogens is 404 g/mol. The number of aryl methyl sites for hydroxylation is 1. The second-order valence-electron chi connectivity index (χ2n) is 9.75. The van der Waals surface area contributed by atoms with Crippen LogP contribution in [-0.2, 0) is 0 Å². The number of anilines is 1. The fourth-order valence-electron chi connectivity index (χ4n) is 5.71. The number of fused-ring (bicyclic) bond motifs is 2. The van der Waals surface area contributed by atoms with Crippen molar-refractivity contribution in [1.82, 2.24) is 4.58 Å². The maximum Gasteiger partial charge on any atom is 0.203 e. The Bertz CT molecular complexity index is 1340. The molecule has 0 spiro atoms. The van der Waals surface area contributed by atoms with Gasteiger partial charge in [-0.1, -0.05) is 24.3 Å². The quantitative estimate of drug-likeness (QED) is 0.265. The van der Waals surface area contributed by atoms with E-state index in [9.17, 15) is 0 Å². The average Bonchev–Trinajstić information content (AvgIpc) is 2.88. The second-order valence-corrected chi connectivity index (χ2v) is 9.75. The van der Waals surface area contributed by atoms with Crippen LogP contribution in [0, 0.1) is 6.92 Å². The number of benzene rings is 3. The van der Waals surface area contributed by atoms with Crippen LogP contribution in [0.2, 0.25) is 0 Å². The molecule has 4 aliphatic rings. The van der Waals surface area contributed by atoms with E-state index in [1.807, 2.05) is 0 Å². The zero-order chi connectivity index (χ0) is 22.2. The maximum atomic E-state index is 6.66. The van der Waals surface area contributed by atoms with E-state index in [0.717, 1.165) is 37.5 Å². The summed E-state index contributed by atoms with van der Waals surface area (Å²) >= 11 is 0. The summed E-state index contributed by atoms with van der Waals surface area (Å²) in [7, 11) is 0. The lowest BCUT2D eigenvalue weighted by Crippen LogP contribution is -2.34. The van der Waals surface area contributed by atoms with Crippen molar-refractivity contribution in [1.29, 1.82) is 0 Å². The van der Waals surface area contributed by atoms with E-state index in [4.69, 9.17) is 4.42 Å². The lowest BCUT2D eigenvalue weighted by Gasteiger charge is -2.29. The van der Waals surface area contributed by atoms with Crippen LogP contribution in [0.15, 0.2) is 65.1 Å². The molecule has 33 heavy (non-hydrogen) atoms. The van der Waals surface area contributed by atoms with Gasteiger partial charge in [0.1, 0.15) is 24.4 Å². The summed E-state index contributed by atoms with van der Waals surface area (Å²) in [6.45, 7) is 6.78. The van der Waals surface area contributed by atoms with Crippen LogP contribution in [0.3, 0.4) is 0 Å². The van der Waals surface area contributed by atoms with Crippen LogP contribution in [0.4, 0.5) is 5.69 Å². The van der Waals surface area contributed by atoms with Crippen molar-refractivity contribution in [3.63, 3.8) is 0 Å². The molecule has 3 aliphatic heterocycles. The Labute approximate surface area is 196 Å². The van der Waals surface area contributed by atoms with Crippen LogP contribution in [-0.4, -0.2) is 26.2 Å². The Morgan fingerprint density at radius 1 is 0.758 bits per heavy atom. The zero-order valence-corrected chi connectivity index (χ0v) is 19.6. The normalized spacial score (nSPS) is 17.1. The summed E-state index contributed by atoms with van der Waals surface area (Å²) in [5.74, 6) is 0.986. The number of rotatable bonds is 2. The predicted molar refractivity (Wildman–Crippen MR) is 138 cm³/mol. The molecule has 0 radical (unpaired) electrons. The number of nitrogens with zero attached hydrogens (tertiary/aromatic N) is 2. The summed E-state index contributed by atoms with van der Waals surface area (Å²) in [5.41, 5.74) is 7.35. The molecule has 168 valence electrons. The smallest absolute Gasteiger partial charge is 0.203 e. The fourth-order valence-corrected chi connectivity index (χ4v) is 5.71. The molecule has 0 unspecified atom stereocenters. The minimum atomic E-state index is 0.986. The van der Waals surface area contributed by atoms with Crippen LogP contribution in [0.1, 0.15) is 44.1 Å². The molecule has 0 atom stereocenters. The standard InChI is InChI=1S/C30H33N2O/c1-22-10-4-5-11-25(22)30-26-14-12-23(31-16-6-2-7-17-31)20-28(26)33-29-21-24(13-15-27(29)30)32-18-8-3-9-19-32/h4-5,10-15,20-21H,2-3,6-9,16-19H2,1H3/q+1. The number of hydrogen-bond donors (Lipinski definition) is 0. The second kappa shape index (κ2) is 8.70. The van der Waals surface area contributed by atoms with Gasteiger partial charge in [0.25, 0.3) is 0 Å². The van der Waals surface area contributed by atoms with Crippen molar-refractivity contribution in [2.45, 2.75) is 45.4 Å². The summed E-state index contributed by atoms with van der Waals surface area (Å²) in [5, 5.41) is 2.48. The molecule has 3 heteroatoms. The van der Waals surface area contributed by atoms with Gasteiger partial charge in [-0.15, -0.1) is 0 Å². The molecule has 2 fully saturated rings. The Hall–Kier alpha value is -3.07. The Morgan fingerprint density at radius 2 is 1.55 bits per heavy atom. The zero-order valence-electron chi connectivity index (χ0n) is 19.6. The van der Waals surface area contributed by atoms with Crippen LogP contribution in [0.5, 0.6) is 0 Å².